The van der Waals surface area contributed by atoms with E-state index in [9.17, 15) is 4.79 Å². The van der Waals surface area contributed by atoms with Crippen LogP contribution in [-0.4, -0.2) is 40.9 Å². The van der Waals surface area contributed by atoms with Crippen LogP contribution < -0.4 is 5.48 Å². The number of likely N-dealkylation sites (N-methyl/N-ethyl adjacent to an activating group) is 1. The standard InChI is InChI=1S/C10H22N2O3/c1-7(11-14)8(2)12(6)9(13)15-10(3,4)5/h7-8,11,14H,1-6H3/t7-,8?/m0/s1. The molecule has 0 spiro atoms. The summed E-state index contributed by atoms with van der Waals surface area (Å²) in [5.74, 6) is 0. The minimum absolute atomic E-state index is 0.148. The highest BCUT2D eigenvalue weighted by Gasteiger charge is 2.25. The van der Waals surface area contributed by atoms with Crippen molar-refractivity contribution in [1.29, 1.82) is 0 Å². The van der Waals surface area contributed by atoms with Gasteiger partial charge in [0, 0.05) is 19.1 Å². The van der Waals surface area contributed by atoms with Gasteiger partial charge in [0.15, 0.2) is 0 Å². The van der Waals surface area contributed by atoms with Crippen molar-refractivity contribution >= 4 is 6.09 Å². The predicted molar refractivity (Wildman–Crippen MR) is 57.8 cm³/mol. The van der Waals surface area contributed by atoms with Gasteiger partial charge in [-0.2, -0.15) is 0 Å². The van der Waals surface area contributed by atoms with E-state index in [0.717, 1.165) is 0 Å². The molecule has 1 unspecified atom stereocenters. The molecule has 5 heteroatoms. The van der Waals surface area contributed by atoms with Crippen LogP contribution in [0.15, 0.2) is 0 Å². The van der Waals surface area contributed by atoms with Crippen LogP contribution in [-0.2, 0) is 4.74 Å². The smallest absolute Gasteiger partial charge is 0.410 e. The van der Waals surface area contributed by atoms with Gasteiger partial charge in [-0.3, -0.25) is 0 Å². The molecule has 5 nitrogen and oxygen atoms in total. The quantitative estimate of drug-likeness (QED) is 0.706. The summed E-state index contributed by atoms with van der Waals surface area (Å²) in [6, 6.07) is -0.354. The third kappa shape index (κ3) is 4.99. The Hall–Kier alpha value is -0.810. The lowest BCUT2D eigenvalue weighted by Crippen LogP contribution is -2.48. The zero-order valence-electron chi connectivity index (χ0n) is 10.4. The summed E-state index contributed by atoms with van der Waals surface area (Å²) in [7, 11) is 1.65. The van der Waals surface area contributed by atoms with Crippen molar-refractivity contribution in [2.24, 2.45) is 0 Å². The molecule has 0 saturated heterocycles. The fraction of sp³-hybridized carbons (Fsp3) is 0.900. The molecule has 0 rings (SSSR count). The Bertz CT molecular complexity index is 213. The summed E-state index contributed by atoms with van der Waals surface area (Å²) in [6.45, 7) is 9.06. The van der Waals surface area contributed by atoms with Crippen molar-refractivity contribution in [2.45, 2.75) is 52.3 Å². The van der Waals surface area contributed by atoms with Gasteiger partial charge in [0.05, 0.1) is 0 Å². The van der Waals surface area contributed by atoms with Crippen molar-refractivity contribution in [1.82, 2.24) is 10.4 Å². The van der Waals surface area contributed by atoms with Crippen molar-refractivity contribution in [3.8, 4) is 0 Å². The number of hydroxylamine groups is 1. The summed E-state index contributed by atoms with van der Waals surface area (Å²) in [5, 5.41) is 8.74. The molecule has 0 aliphatic rings. The highest BCUT2D eigenvalue weighted by Crippen LogP contribution is 2.11. The van der Waals surface area contributed by atoms with Gasteiger partial charge in [0.25, 0.3) is 0 Å². The molecule has 0 heterocycles. The molecule has 0 bridgehead atoms. The average Bonchev–Trinajstić information content (AvgIpc) is 2.11. The number of carbonyl (C=O) groups excluding carboxylic acids is 1. The monoisotopic (exact) mass is 218 g/mol. The Balaban J connectivity index is 4.32. The molecule has 0 aliphatic heterocycles. The van der Waals surface area contributed by atoms with E-state index in [1.54, 1.807) is 14.0 Å². The molecule has 0 aliphatic carbocycles. The molecule has 2 N–H and O–H groups in total. The van der Waals surface area contributed by atoms with Gasteiger partial charge >= 0.3 is 6.09 Å². The first-order valence-corrected chi connectivity index (χ1v) is 5.04. The van der Waals surface area contributed by atoms with E-state index in [2.05, 4.69) is 5.48 Å². The Morgan fingerprint density at radius 1 is 1.40 bits per heavy atom. The molecule has 15 heavy (non-hydrogen) atoms. The fourth-order valence-electron chi connectivity index (χ4n) is 0.943. The van der Waals surface area contributed by atoms with Gasteiger partial charge in [-0.25, -0.2) is 10.3 Å². The Kier molecular flexibility index (Phi) is 5.03. The molecule has 0 aromatic heterocycles. The maximum absolute atomic E-state index is 11.6. The molecule has 0 saturated carbocycles. The highest BCUT2D eigenvalue weighted by atomic mass is 16.6. The van der Waals surface area contributed by atoms with Crippen LogP contribution in [0.25, 0.3) is 0 Å². The Labute approximate surface area is 91.4 Å². The number of carbonyl (C=O) groups is 1. The molecular formula is C10H22N2O3. The minimum atomic E-state index is -0.499. The number of rotatable bonds is 3. The van der Waals surface area contributed by atoms with Crippen LogP contribution >= 0.6 is 0 Å². The summed E-state index contributed by atoms with van der Waals surface area (Å²) < 4.78 is 5.19. The number of hydrogen-bond donors (Lipinski definition) is 2. The summed E-state index contributed by atoms with van der Waals surface area (Å²) in [6.07, 6.45) is -0.392. The summed E-state index contributed by atoms with van der Waals surface area (Å²) in [4.78, 5) is 13.1. The van der Waals surface area contributed by atoms with E-state index < -0.39 is 11.7 Å². The van der Waals surface area contributed by atoms with Gasteiger partial charge in [-0.1, -0.05) is 0 Å². The Morgan fingerprint density at radius 3 is 2.20 bits per heavy atom. The molecule has 1 amide bonds. The first-order chi connectivity index (χ1) is 6.69. The van der Waals surface area contributed by atoms with Crippen LogP contribution in [0.1, 0.15) is 34.6 Å². The molecule has 0 aromatic carbocycles. The van der Waals surface area contributed by atoms with Gasteiger partial charge in [0.1, 0.15) is 5.60 Å². The molecule has 90 valence electrons. The van der Waals surface area contributed by atoms with Crippen molar-refractivity contribution in [3.63, 3.8) is 0 Å². The zero-order chi connectivity index (χ0) is 12.2. The Morgan fingerprint density at radius 2 is 1.87 bits per heavy atom. The van der Waals surface area contributed by atoms with E-state index in [1.165, 1.54) is 4.90 Å². The topological polar surface area (TPSA) is 61.8 Å². The number of ether oxygens (including phenoxy) is 1. The second kappa shape index (κ2) is 5.32. The lowest BCUT2D eigenvalue weighted by molar-refractivity contribution is 0.0137. The van der Waals surface area contributed by atoms with Crippen LogP contribution in [0.5, 0.6) is 0 Å². The maximum Gasteiger partial charge on any atom is 0.410 e. The number of nitrogens with zero attached hydrogens (tertiary/aromatic N) is 1. The average molecular weight is 218 g/mol. The van der Waals surface area contributed by atoms with Crippen LogP contribution in [0.3, 0.4) is 0 Å². The lowest BCUT2D eigenvalue weighted by Gasteiger charge is -2.31. The van der Waals surface area contributed by atoms with Crippen molar-refractivity contribution in [3.05, 3.63) is 0 Å². The minimum Gasteiger partial charge on any atom is -0.444 e. The first kappa shape index (κ1) is 14.2. The van der Waals surface area contributed by atoms with Crippen LogP contribution in [0.4, 0.5) is 4.79 Å². The molecule has 0 radical (unpaired) electrons. The second-order valence-electron chi connectivity index (χ2n) is 4.75. The van der Waals surface area contributed by atoms with E-state index in [4.69, 9.17) is 9.94 Å². The van der Waals surface area contributed by atoms with Crippen molar-refractivity contribution < 1.29 is 14.7 Å². The van der Waals surface area contributed by atoms with E-state index in [0.29, 0.717) is 0 Å². The molecule has 0 fully saturated rings. The predicted octanol–water partition coefficient (Wildman–Crippen LogP) is 1.61. The third-order valence-electron chi connectivity index (χ3n) is 2.22. The van der Waals surface area contributed by atoms with Gasteiger partial charge in [0.2, 0.25) is 0 Å². The number of nitrogens with one attached hydrogen (secondary N) is 1. The number of amides is 1. The van der Waals surface area contributed by atoms with Gasteiger partial charge in [-0.15, -0.1) is 0 Å². The van der Waals surface area contributed by atoms with Crippen LogP contribution in [0, 0.1) is 0 Å². The highest BCUT2D eigenvalue weighted by molar-refractivity contribution is 5.68. The second-order valence-corrected chi connectivity index (χ2v) is 4.75. The maximum atomic E-state index is 11.6. The normalized spacial score (nSPS) is 15.7. The van der Waals surface area contributed by atoms with Crippen molar-refractivity contribution in [2.75, 3.05) is 7.05 Å². The van der Waals surface area contributed by atoms with Crippen LogP contribution in [0.2, 0.25) is 0 Å². The fourth-order valence-corrected chi connectivity index (χ4v) is 0.943. The SMILES string of the molecule is CC([C@H](C)NO)N(C)C(=O)OC(C)(C)C. The lowest BCUT2D eigenvalue weighted by atomic mass is 10.1. The van der Waals surface area contributed by atoms with Gasteiger partial charge < -0.3 is 14.8 Å². The number of hydrogen-bond acceptors (Lipinski definition) is 4. The summed E-state index contributed by atoms with van der Waals surface area (Å²) >= 11 is 0. The molecular weight excluding hydrogens is 196 g/mol. The third-order valence-corrected chi connectivity index (χ3v) is 2.22. The summed E-state index contributed by atoms with van der Waals surface area (Å²) in [5.41, 5.74) is 1.61. The largest absolute Gasteiger partial charge is 0.444 e. The first-order valence-electron chi connectivity index (χ1n) is 5.04. The molecule has 0 aromatic rings. The van der Waals surface area contributed by atoms with E-state index >= 15 is 0 Å². The molecule has 2 atom stereocenters. The van der Waals surface area contributed by atoms with E-state index in [-0.39, 0.29) is 12.1 Å². The zero-order valence-corrected chi connectivity index (χ0v) is 10.4. The van der Waals surface area contributed by atoms with E-state index in [1.807, 2.05) is 27.7 Å². The van der Waals surface area contributed by atoms with Gasteiger partial charge in [-0.05, 0) is 34.6 Å².